The van der Waals surface area contributed by atoms with Gasteiger partial charge in [-0.2, -0.15) is 0 Å². The van der Waals surface area contributed by atoms with Gasteiger partial charge in [0, 0.05) is 12.8 Å². The van der Waals surface area contributed by atoms with E-state index < -0.39 is 51.1 Å². The van der Waals surface area contributed by atoms with Crippen molar-refractivity contribution in [3.63, 3.8) is 0 Å². The summed E-state index contributed by atoms with van der Waals surface area (Å²) in [5.74, 6) is -2.42. The van der Waals surface area contributed by atoms with Crippen molar-refractivity contribution in [1.29, 1.82) is 0 Å². The molecule has 0 aromatic heterocycles. The molecule has 0 saturated carbocycles. The standard InChI is InChI=1S/C37H64NO10P/c1-3-5-7-9-11-13-15-16-17-18-19-21-22-24-26-28-35(39)45-30-33(31-46-49(43,44)47-32-34(38)37(41)42)48-36(40)29-27-25-23-20-14-12-10-8-6-4-2/h5,7,9,11,13,15-17,33-34H,3-4,6,8,10,12,14,18-32,38H2,1-2H3,(H,41,42)(H,43,44)/b7-5+,11-9+,15-13+,17-16+/t33-,34+/m0/s1. The Hall–Kier alpha value is -2.56. The zero-order valence-corrected chi connectivity index (χ0v) is 30.9. The maximum Gasteiger partial charge on any atom is 0.472 e. The SMILES string of the molecule is CC/C=C/C=C/C=C/C=C/CCCCCCCC(=O)OC[C@@H](COP(=O)(O)OC[C@@H](N)C(=O)O)OC(=O)CCCCCCCCCCCC. The zero-order chi connectivity index (χ0) is 36.4. The monoisotopic (exact) mass is 713 g/mol. The first kappa shape index (κ1) is 46.4. The van der Waals surface area contributed by atoms with Gasteiger partial charge >= 0.3 is 25.7 Å². The van der Waals surface area contributed by atoms with Gasteiger partial charge in [0.15, 0.2) is 6.10 Å². The van der Waals surface area contributed by atoms with Gasteiger partial charge in [-0.25, -0.2) is 4.57 Å². The Labute approximate surface area is 295 Å². The van der Waals surface area contributed by atoms with E-state index in [2.05, 4.69) is 30.5 Å². The second-order valence-electron chi connectivity index (χ2n) is 12.1. The number of hydrogen-bond acceptors (Lipinski definition) is 9. The Balaban J connectivity index is 4.50. The smallest absolute Gasteiger partial charge is 0.472 e. The number of phosphoric acid groups is 1. The van der Waals surface area contributed by atoms with Crippen LogP contribution in [0.15, 0.2) is 48.6 Å². The van der Waals surface area contributed by atoms with E-state index >= 15 is 0 Å². The number of carboxylic acids is 1. The minimum absolute atomic E-state index is 0.155. The lowest BCUT2D eigenvalue weighted by Crippen LogP contribution is -2.34. The number of unbranched alkanes of at least 4 members (excludes halogenated alkanes) is 14. The summed E-state index contributed by atoms with van der Waals surface area (Å²) in [6.45, 7) is 2.59. The number of esters is 2. The highest BCUT2D eigenvalue weighted by molar-refractivity contribution is 7.47. The van der Waals surface area contributed by atoms with Crippen molar-refractivity contribution in [2.24, 2.45) is 5.73 Å². The van der Waals surface area contributed by atoms with Crippen LogP contribution >= 0.6 is 7.82 Å². The molecular formula is C37H64NO10P. The molecule has 0 aromatic carbocycles. The van der Waals surface area contributed by atoms with Gasteiger partial charge in [-0.05, 0) is 32.1 Å². The van der Waals surface area contributed by atoms with Crippen molar-refractivity contribution >= 4 is 25.7 Å². The molecule has 0 aliphatic heterocycles. The van der Waals surface area contributed by atoms with Crippen LogP contribution in [0, 0.1) is 0 Å². The number of rotatable bonds is 33. The Morgan fingerprint density at radius 3 is 1.71 bits per heavy atom. The lowest BCUT2D eigenvalue weighted by Gasteiger charge is -2.20. The van der Waals surface area contributed by atoms with E-state index in [9.17, 15) is 23.8 Å². The molecule has 0 heterocycles. The van der Waals surface area contributed by atoms with Crippen molar-refractivity contribution in [2.45, 2.75) is 148 Å². The molecule has 1 unspecified atom stereocenters. The number of allylic oxidation sites excluding steroid dienone is 8. The largest absolute Gasteiger partial charge is 0.480 e. The van der Waals surface area contributed by atoms with Gasteiger partial charge in [-0.15, -0.1) is 0 Å². The van der Waals surface area contributed by atoms with E-state index in [-0.39, 0.29) is 19.4 Å². The second-order valence-corrected chi connectivity index (χ2v) is 13.5. The first-order valence-corrected chi connectivity index (χ1v) is 19.7. The molecule has 11 nitrogen and oxygen atoms in total. The first-order valence-electron chi connectivity index (χ1n) is 18.2. The third-order valence-corrected chi connectivity index (χ3v) is 8.39. The predicted molar refractivity (Wildman–Crippen MR) is 194 cm³/mol. The number of aliphatic carboxylic acids is 1. The number of phosphoric ester groups is 1. The number of carbonyl (C=O) groups excluding carboxylic acids is 2. The van der Waals surface area contributed by atoms with Crippen LogP contribution in [0.2, 0.25) is 0 Å². The summed E-state index contributed by atoms with van der Waals surface area (Å²) >= 11 is 0. The van der Waals surface area contributed by atoms with Gasteiger partial charge in [0.25, 0.3) is 0 Å². The number of ether oxygens (including phenoxy) is 2. The second kappa shape index (κ2) is 32.6. The normalized spacial score (nSPS) is 14.5. The van der Waals surface area contributed by atoms with E-state index in [1.807, 2.05) is 36.5 Å². The lowest BCUT2D eigenvalue weighted by atomic mass is 10.1. The fraction of sp³-hybridized carbons (Fsp3) is 0.703. The lowest BCUT2D eigenvalue weighted by molar-refractivity contribution is -0.161. The minimum atomic E-state index is -4.71. The minimum Gasteiger partial charge on any atom is -0.480 e. The maximum atomic E-state index is 12.5. The number of carbonyl (C=O) groups is 3. The van der Waals surface area contributed by atoms with Gasteiger partial charge in [0.05, 0.1) is 13.2 Å². The third-order valence-electron chi connectivity index (χ3n) is 7.44. The Morgan fingerprint density at radius 2 is 1.14 bits per heavy atom. The van der Waals surface area contributed by atoms with Crippen LogP contribution in [0.25, 0.3) is 0 Å². The highest BCUT2D eigenvalue weighted by Crippen LogP contribution is 2.43. The molecular weight excluding hydrogens is 649 g/mol. The molecule has 4 N–H and O–H groups in total. The number of carboxylic acid groups (broad SMARTS) is 1. The molecule has 0 fully saturated rings. The molecule has 0 radical (unpaired) electrons. The molecule has 0 amide bonds. The molecule has 0 bridgehead atoms. The third kappa shape index (κ3) is 32.4. The van der Waals surface area contributed by atoms with Crippen molar-refractivity contribution in [1.82, 2.24) is 0 Å². The van der Waals surface area contributed by atoms with Crippen molar-refractivity contribution in [2.75, 3.05) is 19.8 Å². The van der Waals surface area contributed by atoms with E-state index in [1.54, 1.807) is 0 Å². The van der Waals surface area contributed by atoms with Gasteiger partial charge in [0.2, 0.25) is 0 Å². The highest BCUT2D eigenvalue weighted by atomic mass is 31.2. The van der Waals surface area contributed by atoms with Crippen molar-refractivity contribution in [3.8, 4) is 0 Å². The van der Waals surface area contributed by atoms with Crippen LogP contribution in [0.3, 0.4) is 0 Å². The quantitative estimate of drug-likeness (QED) is 0.0257. The zero-order valence-electron chi connectivity index (χ0n) is 30.0. The Morgan fingerprint density at radius 1 is 0.653 bits per heavy atom. The molecule has 0 aromatic rings. The molecule has 0 aliphatic rings. The molecule has 49 heavy (non-hydrogen) atoms. The summed E-state index contributed by atoms with van der Waals surface area (Å²) in [6, 6.07) is -1.52. The molecule has 0 aliphatic carbocycles. The van der Waals surface area contributed by atoms with Gasteiger partial charge in [-0.1, -0.05) is 140 Å². The Bertz CT molecular complexity index is 1030. The molecule has 12 heteroatoms. The molecule has 282 valence electrons. The average Bonchev–Trinajstić information content (AvgIpc) is 3.07. The van der Waals surface area contributed by atoms with E-state index in [1.165, 1.54) is 38.5 Å². The fourth-order valence-corrected chi connectivity index (χ4v) is 5.32. The summed E-state index contributed by atoms with van der Waals surface area (Å²) in [4.78, 5) is 45.6. The van der Waals surface area contributed by atoms with Crippen molar-refractivity contribution in [3.05, 3.63) is 48.6 Å². The molecule has 0 rings (SSSR count). The highest BCUT2D eigenvalue weighted by Gasteiger charge is 2.28. The first-order chi connectivity index (χ1) is 23.6. The van der Waals surface area contributed by atoms with Gasteiger partial charge < -0.3 is 25.2 Å². The van der Waals surface area contributed by atoms with Crippen LogP contribution in [0.5, 0.6) is 0 Å². The topological polar surface area (TPSA) is 172 Å². The fourth-order valence-electron chi connectivity index (χ4n) is 4.54. The van der Waals surface area contributed by atoms with Crippen LogP contribution in [0.4, 0.5) is 0 Å². The van der Waals surface area contributed by atoms with E-state index in [0.717, 1.165) is 57.8 Å². The van der Waals surface area contributed by atoms with Crippen LogP contribution in [-0.4, -0.2) is 59.9 Å². The van der Waals surface area contributed by atoms with E-state index in [0.29, 0.717) is 12.8 Å². The predicted octanol–water partition coefficient (Wildman–Crippen LogP) is 8.66. The van der Waals surface area contributed by atoms with Gasteiger partial charge in [0.1, 0.15) is 12.6 Å². The van der Waals surface area contributed by atoms with E-state index in [4.69, 9.17) is 24.8 Å². The summed E-state index contributed by atoms with van der Waals surface area (Å²) in [5.41, 5.74) is 5.30. The number of nitrogens with two attached hydrogens (primary N) is 1. The molecule has 3 atom stereocenters. The molecule has 0 spiro atoms. The summed E-state index contributed by atoms with van der Waals surface area (Å²) < 4.78 is 32.5. The average molecular weight is 714 g/mol. The Kier molecular flexibility index (Phi) is 30.9. The van der Waals surface area contributed by atoms with Crippen molar-refractivity contribution < 1.29 is 47.5 Å². The summed E-state index contributed by atoms with van der Waals surface area (Å²) in [6.07, 6.45) is 33.3. The van der Waals surface area contributed by atoms with Gasteiger partial charge in [-0.3, -0.25) is 23.4 Å². The number of hydrogen-bond donors (Lipinski definition) is 3. The maximum absolute atomic E-state index is 12.5. The molecule has 0 saturated heterocycles. The van der Waals surface area contributed by atoms with Crippen LogP contribution < -0.4 is 5.73 Å². The summed E-state index contributed by atoms with van der Waals surface area (Å²) in [7, 11) is -4.71. The van der Waals surface area contributed by atoms with Crippen LogP contribution in [-0.2, 0) is 37.5 Å². The van der Waals surface area contributed by atoms with Crippen LogP contribution in [0.1, 0.15) is 136 Å². The summed E-state index contributed by atoms with van der Waals surface area (Å²) in [5, 5.41) is 8.84.